The van der Waals surface area contributed by atoms with E-state index in [1.54, 1.807) is 12.3 Å². The van der Waals surface area contributed by atoms with Crippen LogP contribution in [0.15, 0.2) is 57.1 Å². The second-order valence-electron chi connectivity index (χ2n) is 3.47. The number of pyridine rings is 1. The summed E-state index contributed by atoms with van der Waals surface area (Å²) in [4.78, 5) is 9.27. The van der Waals surface area contributed by atoms with Gasteiger partial charge in [-0.15, -0.1) is 0 Å². The molecule has 3 rings (SSSR count). The first kappa shape index (κ1) is 10.2. The fraction of sp³-hybridized carbons (Fsp3) is 0. The first-order valence-corrected chi connectivity index (χ1v) is 5.88. The molecule has 5 heteroatoms. The zero-order chi connectivity index (χ0) is 11.7. The highest BCUT2D eigenvalue weighted by molar-refractivity contribution is 7.99. The second-order valence-corrected chi connectivity index (χ2v) is 4.49. The Kier molecular flexibility index (Phi) is 2.45. The molecule has 0 fully saturated rings. The highest BCUT2D eigenvalue weighted by Crippen LogP contribution is 2.29. The normalized spacial score (nSPS) is 10.8. The molecule has 2 aromatic heterocycles. The quantitative estimate of drug-likeness (QED) is 0.749. The number of rotatable bonds is 2. The van der Waals surface area contributed by atoms with Gasteiger partial charge >= 0.3 is 0 Å². The van der Waals surface area contributed by atoms with Crippen molar-refractivity contribution in [2.75, 3.05) is 5.73 Å². The van der Waals surface area contributed by atoms with Crippen molar-refractivity contribution in [3.63, 3.8) is 0 Å². The molecule has 0 unspecified atom stereocenters. The van der Waals surface area contributed by atoms with E-state index >= 15 is 0 Å². The summed E-state index contributed by atoms with van der Waals surface area (Å²) < 4.78 is 5.60. The molecule has 0 atom stereocenters. The summed E-state index contributed by atoms with van der Waals surface area (Å²) in [6, 6.07) is 11.3. The minimum atomic E-state index is 0.492. The van der Waals surface area contributed by atoms with Crippen LogP contribution in [-0.4, -0.2) is 9.97 Å². The molecule has 0 spiro atoms. The summed E-state index contributed by atoms with van der Waals surface area (Å²) in [7, 11) is 0. The molecular weight excluding hydrogens is 234 g/mol. The van der Waals surface area contributed by atoms with Crippen LogP contribution >= 0.6 is 11.8 Å². The topological polar surface area (TPSA) is 64.9 Å². The summed E-state index contributed by atoms with van der Waals surface area (Å²) in [5.41, 5.74) is 7.26. The first-order valence-electron chi connectivity index (χ1n) is 5.06. The number of nitrogens with zero attached hydrogens (tertiary/aromatic N) is 2. The average Bonchev–Trinajstić information content (AvgIpc) is 2.71. The molecule has 0 saturated carbocycles. The van der Waals surface area contributed by atoms with Crippen LogP contribution in [-0.2, 0) is 0 Å². The molecule has 0 bridgehead atoms. The number of nitrogen functional groups attached to an aromatic ring is 1. The zero-order valence-electron chi connectivity index (χ0n) is 8.83. The van der Waals surface area contributed by atoms with Crippen molar-refractivity contribution < 1.29 is 4.42 Å². The van der Waals surface area contributed by atoms with Crippen molar-refractivity contribution >= 4 is 28.7 Å². The minimum Gasteiger partial charge on any atom is -0.431 e. The van der Waals surface area contributed by atoms with E-state index in [4.69, 9.17) is 10.2 Å². The third kappa shape index (κ3) is 2.09. The molecule has 0 saturated heterocycles. The molecule has 0 aliphatic rings. The van der Waals surface area contributed by atoms with Gasteiger partial charge in [-0.1, -0.05) is 12.1 Å². The Balaban J connectivity index is 1.94. The molecule has 0 amide bonds. The van der Waals surface area contributed by atoms with Crippen molar-refractivity contribution in [2.24, 2.45) is 0 Å². The number of benzene rings is 1. The molecular formula is C12H9N3OS. The van der Waals surface area contributed by atoms with E-state index in [1.165, 1.54) is 11.8 Å². The van der Waals surface area contributed by atoms with Crippen molar-refractivity contribution in [3.05, 3.63) is 42.6 Å². The Hall–Kier alpha value is -2.01. The van der Waals surface area contributed by atoms with Gasteiger partial charge in [-0.05, 0) is 36.0 Å². The van der Waals surface area contributed by atoms with Gasteiger partial charge in [-0.2, -0.15) is 0 Å². The van der Waals surface area contributed by atoms with Crippen LogP contribution in [0.4, 0.5) is 5.82 Å². The lowest BCUT2D eigenvalue weighted by molar-refractivity contribution is 0.489. The van der Waals surface area contributed by atoms with Crippen LogP contribution < -0.4 is 5.73 Å². The van der Waals surface area contributed by atoms with Gasteiger partial charge in [0, 0.05) is 11.1 Å². The molecule has 2 heterocycles. The number of para-hydroxylation sites is 2. The highest BCUT2D eigenvalue weighted by Gasteiger charge is 2.06. The third-order valence-corrected chi connectivity index (χ3v) is 3.07. The molecule has 84 valence electrons. The molecule has 2 N–H and O–H groups in total. The summed E-state index contributed by atoms with van der Waals surface area (Å²) in [6.45, 7) is 0. The van der Waals surface area contributed by atoms with Gasteiger partial charge in [0.25, 0.3) is 5.22 Å². The second kappa shape index (κ2) is 4.10. The number of nitrogens with two attached hydrogens (primary N) is 1. The lowest BCUT2D eigenvalue weighted by Gasteiger charge is -1.96. The van der Waals surface area contributed by atoms with Crippen LogP contribution in [0, 0.1) is 0 Å². The van der Waals surface area contributed by atoms with Crippen LogP contribution in [0.3, 0.4) is 0 Å². The van der Waals surface area contributed by atoms with E-state index in [9.17, 15) is 0 Å². The van der Waals surface area contributed by atoms with Gasteiger partial charge in [-0.25, -0.2) is 9.97 Å². The number of oxazole rings is 1. The fourth-order valence-electron chi connectivity index (χ4n) is 1.49. The number of aromatic nitrogens is 2. The number of fused-ring (bicyclic) bond motifs is 1. The van der Waals surface area contributed by atoms with E-state index in [0.29, 0.717) is 11.0 Å². The predicted molar refractivity (Wildman–Crippen MR) is 66.8 cm³/mol. The van der Waals surface area contributed by atoms with Crippen LogP contribution in [0.5, 0.6) is 0 Å². The van der Waals surface area contributed by atoms with Crippen LogP contribution in [0.2, 0.25) is 0 Å². The third-order valence-electron chi connectivity index (χ3n) is 2.23. The van der Waals surface area contributed by atoms with Gasteiger partial charge in [0.05, 0.1) is 0 Å². The number of hydrogen-bond donors (Lipinski definition) is 1. The zero-order valence-corrected chi connectivity index (χ0v) is 9.65. The van der Waals surface area contributed by atoms with Gasteiger partial charge in [-0.3, -0.25) is 0 Å². The molecule has 3 aromatic rings. The van der Waals surface area contributed by atoms with Crippen molar-refractivity contribution in [1.82, 2.24) is 9.97 Å². The van der Waals surface area contributed by atoms with Gasteiger partial charge in [0.1, 0.15) is 11.3 Å². The van der Waals surface area contributed by atoms with E-state index < -0.39 is 0 Å². The minimum absolute atomic E-state index is 0.492. The SMILES string of the molecule is Nc1cc(Sc2nc3ccccc3o2)ccn1. The summed E-state index contributed by atoms with van der Waals surface area (Å²) >= 11 is 1.43. The lowest BCUT2D eigenvalue weighted by atomic mass is 10.3. The maximum Gasteiger partial charge on any atom is 0.261 e. The van der Waals surface area contributed by atoms with E-state index in [2.05, 4.69) is 9.97 Å². The predicted octanol–water partition coefficient (Wildman–Crippen LogP) is 2.96. The van der Waals surface area contributed by atoms with Gasteiger partial charge < -0.3 is 10.2 Å². The Morgan fingerprint density at radius 3 is 2.88 bits per heavy atom. The Bertz CT molecular complexity index is 632. The summed E-state index contributed by atoms with van der Waals surface area (Å²) in [5, 5.41) is 0.608. The van der Waals surface area contributed by atoms with Gasteiger partial charge in [0.15, 0.2) is 5.58 Å². The lowest BCUT2D eigenvalue weighted by Crippen LogP contribution is -1.88. The molecule has 0 aliphatic heterocycles. The standard InChI is InChI=1S/C12H9N3OS/c13-11-7-8(5-6-14-11)17-12-15-9-3-1-2-4-10(9)16-12/h1-7H,(H2,13,14). The molecule has 1 aromatic carbocycles. The van der Waals surface area contributed by atoms with E-state index in [1.807, 2.05) is 30.3 Å². The van der Waals surface area contributed by atoms with Gasteiger partial charge in [0.2, 0.25) is 0 Å². The first-order chi connectivity index (χ1) is 8.31. The highest BCUT2D eigenvalue weighted by atomic mass is 32.2. The Morgan fingerprint density at radius 1 is 1.18 bits per heavy atom. The maximum atomic E-state index is 5.61. The molecule has 0 aliphatic carbocycles. The maximum absolute atomic E-state index is 5.61. The van der Waals surface area contributed by atoms with Crippen molar-refractivity contribution in [3.8, 4) is 0 Å². The monoisotopic (exact) mass is 243 g/mol. The van der Waals surface area contributed by atoms with Crippen molar-refractivity contribution in [2.45, 2.75) is 10.1 Å². The number of hydrogen-bond acceptors (Lipinski definition) is 5. The largest absolute Gasteiger partial charge is 0.431 e. The Labute approximate surface area is 102 Å². The molecule has 0 radical (unpaired) electrons. The van der Waals surface area contributed by atoms with Crippen LogP contribution in [0.1, 0.15) is 0 Å². The summed E-state index contributed by atoms with van der Waals surface area (Å²) in [6.07, 6.45) is 1.67. The van der Waals surface area contributed by atoms with Crippen LogP contribution in [0.25, 0.3) is 11.1 Å². The number of anilines is 1. The smallest absolute Gasteiger partial charge is 0.261 e. The molecule has 17 heavy (non-hydrogen) atoms. The average molecular weight is 243 g/mol. The molecule has 4 nitrogen and oxygen atoms in total. The fourth-order valence-corrected chi connectivity index (χ4v) is 2.27. The van der Waals surface area contributed by atoms with E-state index in [-0.39, 0.29) is 0 Å². The Morgan fingerprint density at radius 2 is 2.06 bits per heavy atom. The van der Waals surface area contributed by atoms with E-state index in [0.717, 1.165) is 16.0 Å². The summed E-state index contributed by atoms with van der Waals surface area (Å²) in [5.74, 6) is 0.492. The van der Waals surface area contributed by atoms with Crippen molar-refractivity contribution in [1.29, 1.82) is 0 Å².